The number of amidine groups is 1. The first-order chi connectivity index (χ1) is 7.54. The number of nitrogens with two attached hydrogens (primary N) is 1. The quantitative estimate of drug-likeness (QED) is 0.285. The van der Waals surface area contributed by atoms with Crippen LogP contribution in [0.5, 0.6) is 0 Å². The van der Waals surface area contributed by atoms with Gasteiger partial charge in [0, 0.05) is 12.5 Å². The minimum Gasteiger partial charge on any atom is -0.409 e. The van der Waals surface area contributed by atoms with Crippen molar-refractivity contribution in [1.82, 2.24) is 4.90 Å². The Morgan fingerprint density at radius 1 is 1.44 bits per heavy atom. The van der Waals surface area contributed by atoms with Crippen molar-refractivity contribution in [3.8, 4) is 0 Å². The Bertz CT molecular complexity index is 235. The van der Waals surface area contributed by atoms with Gasteiger partial charge in [-0.2, -0.15) is 0 Å². The first-order valence-electron chi connectivity index (χ1n) is 5.93. The SMILES string of the molecule is CC(O)C1CCN(C(C)CC(N)=NO)CC1. The average molecular weight is 229 g/mol. The molecular weight excluding hydrogens is 206 g/mol. The van der Waals surface area contributed by atoms with E-state index in [4.69, 9.17) is 10.9 Å². The number of likely N-dealkylation sites (tertiary alicyclic amines) is 1. The molecule has 0 radical (unpaired) electrons. The highest BCUT2D eigenvalue weighted by molar-refractivity contribution is 5.80. The molecule has 0 aliphatic carbocycles. The molecule has 0 amide bonds. The highest BCUT2D eigenvalue weighted by Crippen LogP contribution is 2.22. The van der Waals surface area contributed by atoms with E-state index in [1.54, 1.807) is 0 Å². The highest BCUT2D eigenvalue weighted by Gasteiger charge is 2.25. The summed E-state index contributed by atoms with van der Waals surface area (Å²) in [5.74, 6) is 0.706. The third-order valence-electron chi connectivity index (χ3n) is 3.51. The molecule has 2 unspecified atom stereocenters. The number of piperidine rings is 1. The fraction of sp³-hybridized carbons (Fsp3) is 0.909. The van der Waals surface area contributed by atoms with Gasteiger partial charge in [0.1, 0.15) is 5.84 Å². The van der Waals surface area contributed by atoms with Crippen LogP contribution in [0.3, 0.4) is 0 Å². The zero-order valence-corrected chi connectivity index (χ0v) is 10.1. The van der Waals surface area contributed by atoms with Crippen LogP contribution in [-0.2, 0) is 0 Å². The van der Waals surface area contributed by atoms with Crippen LogP contribution in [0.4, 0.5) is 0 Å². The first-order valence-corrected chi connectivity index (χ1v) is 5.93. The summed E-state index contributed by atoms with van der Waals surface area (Å²) < 4.78 is 0. The van der Waals surface area contributed by atoms with Crippen LogP contribution in [-0.4, -0.2) is 46.3 Å². The smallest absolute Gasteiger partial charge is 0.140 e. The Morgan fingerprint density at radius 3 is 2.44 bits per heavy atom. The Kier molecular flexibility index (Phi) is 5.02. The lowest BCUT2D eigenvalue weighted by molar-refractivity contribution is 0.0597. The predicted molar refractivity (Wildman–Crippen MR) is 63.5 cm³/mol. The van der Waals surface area contributed by atoms with Crippen LogP contribution in [0.15, 0.2) is 5.16 Å². The standard InChI is InChI=1S/C11H23N3O2/c1-8(7-11(12)13-16)14-5-3-10(4-6-14)9(2)15/h8-10,15-16H,3-7H2,1-2H3,(H2,12,13). The van der Waals surface area contributed by atoms with Crippen molar-refractivity contribution in [1.29, 1.82) is 0 Å². The van der Waals surface area contributed by atoms with E-state index >= 15 is 0 Å². The number of aliphatic hydroxyl groups excluding tert-OH is 1. The molecule has 2 atom stereocenters. The molecule has 1 aliphatic rings. The zero-order valence-electron chi connectivity index (χ0n) is 10.1. The Hall–Kier alpha value is -0.810. The summed E-state index contributed by atoms with van der Waals surface area (Å²) in [6.45, 7) is 5.91. The van der Waals surface area contributed by atoms with Gasteiger partial charge in [-0.15, -0.1) is 0 Å². The molecule has 0 aromatic carbocycles. The van der Waals surface area contributed by atoms with Crippen molar-refractivity contribution in [2.75, 3.05) is 13.1 Å². The number of nitrogens with zero attached hydrogens (tertiary/aromatic N) is 2. The van der Waals surface area contributed by atoms with Crippen LogP contribution in [0.2, 0.25) is 0 Å². The molecule has 1 rings (SSSR count). The van der Waals surface area contributed by atoms with Crippen LogP contribution >= 0.6 is 0 Å². The van der Waals surface area contributed by atoms with E-state index in [1.165, 1.54) is 0 Å². The minimum atomic E-state index is -0.207. The van der Waals surface area contributed by atoms with Gasteiger partial charge in [0.05, 0.1) is 6.10 Å². The number of rotatable bonds is 4. The predicted octanol–water partition coefficient (Wildman–Crippen LogP) is 0.604. The number of aliphatic hydroxyl groups is 1. The van der Waals surface area contributed by atoms with Crippen molar-refractivity contribution in [3.63, 3.8) is 0 Å². The number of oxime groups is 1. The van der Waals surface area contributed by atoms with E-state index in [2.05, 4.69) is 17.0 Å². The lowest BCUT2D eigenvalue weighted by atomic mass is 9.91. The molecule has 1 fully saturated rings. The average Bonchev–Trinajstić information content (AvgIpc) is 2.28. The molecule has 5 heteroatoms. The number of hydrogen-bond donors (Lipinski definition) is 3. The van der Waals surface area contributed by atoms with Gasteiger partial charge in [0.15, 0.2) is 0 Å². The summed E-state index contributed by atoms with van der Waals surface area (Å²) in [5, 5.41) is 21.0. The van der Waals surface area contributed by atoms with Gasteiger partial charge < -0.3 is 20.9 Å². The summed E-state index contributed by atoms with van der Waals surface area (Å²) >= 11 is 0. The molecule has 0 aromatic heterocycles. The molecule has 1 saturated heterocycles. The maximum Gasteiger partial charge on any atom is 0.140 e. The van der Waals surface area contributed by atoms with Crippen molar-refractivity contribution >= 4 is 5.84 Å². The zero-order chi connectivity index (χ0) is 12.1. The van der Waals surface area contributed by atoms with Crippen LogP contribution in [0.25, 0.3) is 0 Å². The van der Waals surface area contributed by atoms with E-state index < -0.39 is 0 Å². The molecule has 0 bridgehead atoms. The van der Waals surface area contributed by atoms with Gasteiger partial charge >= 0.3 is 0 Å². The lowest BCUT2D eigenvalue weighted by Gasteiger charge is -2.36. The summed E-state index contributed by atoms with van der Waals surface area (Å²) in [7, 11) is 0. The van der Waals surface area contributed by atoms with Crippen molar-refractivity contribution in [2.24, 2.45) is 16.8 Å². The Morgan fingerprint density at radius 2 is 2.00 bits per heavy atom. The topological polar surface area (TPSA) is 82.1 Å². The monoisotopic (exact) mass is 229 g/mol. The normalized spacial score (nSPS) is 24.3. The minimum absolute atomic E-state index is 0.207. The van der Waals surface area contributed by atoms with Crippen molar-refractivity contribution in [3.05, 3.63) is 0 Å². The molecule has 5 nitrogen and oxygen atoms in total. The molecule has 0 spiro atoms. The van der Waals surface area contributed by atoms with Crippen LogP contribution < -0.4 is 5.73 Å². The fourth-order valence-corrected chi connectivity index (χ4v) is 2.32. The maximum atomic E-state index is 9.49. The van der Waals surface area contributed by atoms with Gasteiger partial charge in [-0.1, -0.05) is 5.16 Å². The van der Waals surface area contributed by atoms with Crippen molar-refractivity contribution < 1.29 is 10.3 Å². The summed E-state index contributed by atoms with van der Waals surface area (Å²) in [5.41, 5.74) is 5.49. The van der Waals surface area contributed by atoms with E-state index in [9.17, 15) is 5.11 Å². The lowest BCUT2D eigenvalue weighted by Crippen LogP contribution is -2.43. The van der Waals surface area contributed by atoms with Gasteiger partial charge in [-0.25, -0.2) is 0 Å². The second-order valence-electron chi connectivity index (χ2n) is 4.76. The summed E-state index contributed by atoms with van der Waals surface area (Å²) in [6.07, 6.45) is 2.44. The molecule has 0 saturated carbocycles. The Labute approximate surface area is 96.9 Å². The third-order valence-corrected chi connectivity index (χ3v) is 3.51. The fourth-order valence-electron chi connectivity index (χ4n) is 2.32. The molecule has 16 heavy (non-hydrogen) atoms. The second kappa shape index (κ2) is 6.06. The van der Waals surface area contributed by atoms with E-state index in [0.717, 1.165) is 25.9 Å². The first kappa shape index (κ1) is 13.3. The molecule has 1 heterocycles. The van der Waals surface area contributed by atoms with E-state index in [-0.39, 0.29) is 11.9 Å². The molecule has 1 aliphatic heterocycles. The Balaban J connectivity index is 2.35. The van der Waals surface area contributed by atoms with Gasteiger partial charge in [-0.05, 0) is 45.7 Å². The summed E-state index contributed by atoms with van der Waals surface area (Å²) in [4.78, 5) is 2.33. The van der Waals surface area contributed by atoms with E-state index in [1.807, 2.05) is 6.92 Å². The largest absolute Gasteiger partial charge is 0.409 e. The second-order valence-corrected chi connectivity index (χ2v) is 4.76. The molecular formula is C11H23N3O2. The van der Waals surface area contributed by atoms with Gasteiger partial charge in [0.2, 0.25) is 0 Å². The van der Waals surface area contributed by atoms with Gasteiger partial charge in [-0.3, -0.25) is 0 Å². The molecule has 4 N–H and O–H groups in total. The summed E-state index contributed by atoms with van der Waals surface area (Å²) in [6, 6.07) is 0.297. The third kappa shape index (κ3) is 3.64. The number of hydrogen-bond acceptors (Lipinski definition) is 4. The van der Waals surface area contributed by atoms with Crippen LogP contribution in [0, 0.1) is 5.92 Å². The highest BCUT2D eigenvalue weighted by atomic mass is 16.4. The van der Waals surface area contributed by atoms with Gasteiger partial charge in [0.25, 0.3) is 0 Å². The van der Waals surface area contributed by atoms with Crippen molar-refractivity contribution in [2.45, 2.75) is 45.3 Å². The van der Waals surface area contributed by atoms with E-state index in [0.29, 0.717) is 18.4 Å². The van der Waals surface area contributed by atoms with Crippen LogP contribution in [0.1, 0.15) is 33.1 Å². The maximum absolute atomic E-state index is 9.49. The molecule has 94 valence electrons. The molecule has 0 aromatic rings.